The molecule has 1 aromatic heterocycles. The number of nitrogens with zero attached hydrogens (tertiary/aromatic N) is 2. The van der Waals surface area contributed by atoms with Gasteiger partial charge in [-0.25, -0.2) is 0 Å². The predicted molar refractivity (Wildman–Crippen MR) is 75.9 cm³/mol. The van der Waals surface area contributed by atoms with E-state index in [9.17, 15) is 0 Å². The molecule has 3 rings (SSSR count). The highest BCUT2D eigenvalue weighted by Crippen LogP contribution is 2.32. The van der Waals surface area contributed by atoms with Crippen LogP contribution in [0.5, 0.6) is 0 Å². The maximum atomic E-state index is 3.51. The van der Waals surface area contributed by atoms with E-state index in [0.717, 1.165) is 19.6 Å². The van der Waals surface area contributed by atoms with Crippen molar-refractivity contribution in [2.45, 2.75) is 13.0 Å². The molecule has 1 saturated heterocycles. The molecule has 0 spiro atoms. The van der Waals surface area contributed by atoms with Gasteiger partial charge in [0.15, 0.2) is 0 Å². The zero-order chi connectivity index (χ0) is 12.7. The van der Waals surface area contributed by atoms with Gasteiger partial charge in [0.2, 0.25) is 0 Å². The van der Waals surface area contributed by atoms with Crippen molar-refractivity contribution in [3.63, 3.8) is 0 Å². The molecular formula is C15H21N3. The lowest BCUT2D eigenvalue weighted by Gasteiger charge is -2.33. The van der Waals surface area contributed by atoms with Crippen LogP contribution in [0.25, 0.3) is 10.9 Å². The van der Waals surface area contributed by atoms with Crippen molar-refractivity contribution in [1.82, 2.24) is 14.8 Å². The summed E-state index contributed by atoms with van der Waals surface area (Å²) in [5.74, 6) is 0. The number of para-hydroxylation sites is 1. The molecule has 0 saturated carbocycles. The topological polar surface area (TPSA) is 20.2 Å². The Labute approximate surface area is 108 Å². The Bertz CT molecular complexity index is 570. The van der Waals surface area contributed by atoms with Crippen LogP contribution in [0.2, 0.25) is 0 Å². The highest BCUT2D eigenvalue weighted by atomic mass is 15.2. The molecule has 1 unspecified atom stereocenters. The number of aryl methyl sites for hydroxylation is 1. The van der Waals surface area contributed by atoms with E-state index in [-0.39, 0.29) is 0 Å². The lowest BCUT2D eigenvalue weighted by Crippen LogP contribution is -2.44. The molecule has 1 atom stereocenters. The Morgan fingerprint density at radius 2 is 2.00 bits per heavy atom. The minimum absolute atomic E-state index is 0.491. The molecule has 3 nitrogen and oxygen atoms in total. The van der Waals surface area contributed by atoms with Gasteiger partial charge in [-0.2, -0.15) is 0 Å². The van der Waals surface area contributed by atoms with E-state index in [0.29, 0.717) is 6.04 Å². The maximum Gasteiger partial charge on any atom is 0.0494 e. The number of hydrogen-bond donors (Lipinski definition) is 1. The van der Waals surface area contributed by atoms with E-state index in [1.165, 1.54) is 22.2 Å². The normalized spacial score (nSPS) is 21.6. The Morgan fingerprint density at radius 1 is 1.22 bits per heavy atom. The quantitative estimate of drug-likeness (QED) is 0.827. The number of aromatic nitrogens is 1. The van der Waals surface area contributed by atoms with Crippen molar-refractivity contribution in [3.05, 3.63) is 35.5 Å². The fourth-order valence-corrected chi connectivity index (χ4v) is 3.10. The van der Waals surface area contributed by atoms with Crippen LogP contribution < -0.4 is 5.32 Å². The summed E-state index contributed by atoms with van der Waals surface area (Å²) in [6.45, 7) is 5.49. The zero-order valence-electron chi connectivity index (χ0n) is 11.4. The number of likely N-dealkylation sites (N-methyl/N-ethyl adjacent to an activating group) is 1. The molecular weight excluding hydrogens is 222 g/mol. The first kappa shape index (κ1) is 11.8. The molecule has 0 radical (unpaired) electrons. The summed E-state index contributed by atoms with van der Waals surface area (Å²) in [7, 11) is 4.39. The van der Waals surface area contributed by atoms with Gasteiger partial charge in [-0.05, 0) is 25.6 Å². The molecule has 0 amide bonds. The molecule has 1 aromatic carbocycles. The summed E-state index contributed by atoms with van der Waals surface area (Å²) < 4.78 is 2.31. The van der Waals surface area contributed by atoms with Crippen molar-refractivity contribution >= 4 is 10.9 Å². The minimum atomic E-state index is 0.491. The van der Waals surface area contributed by atoms with Crippen molar-refractivity contribution < 1.29 is 0 Å². The number of rotatable bonds is 1. The van der Waals surface area contributed by atoms with Crippen molar-refractivity contribution in [2.75, 3.05) is 26.7 Å². The minimum Gasteiger partial charge on any atom is -0.348 e. The fourth-order valence-electron chi connectivity index (χ4n) is 3.10. The Hall–Kier alpha value is -1.32. The van der Waals surface area contributed by atoms with Crippen LogP contribution in [-0.4, -0.2) is 36.1 Å². The first-order chi connectivity index (χ1) is 8.70. The largest absolute Gasteiger partial charge is 0.348 e. The monoisotopic (exact) mass is 243 g/mol. The van der Waals surface area contributed by atoms with Crippen LogP contribution in [0.1, 0.15) is 17.3 Å². The molecule has 1 aliphatic heterocycles. The predicted octanol–water partition coefficient (Wildman–Crippen LogP) is 2.06. The molecule has 2 heterocycles. The second-order valence-corrected chi connectivity index (χ2v) is 5.28. The van der Waals surface area contributed by atoms with E-state index in [1.54, 1.807) is 0 Å². The molecule has 0 aliphatic carbocycles. The van der Waals surface area contributed by atoms with Gasteiger partial charge in [0, 0.05) is 49.3 Å². The van der Waals surface area contributed by atoms with Gasteiger partial charge in [0.05, 0.1) is 0 Å². The number of hydrogen-bond acceptors (Lipinski definition) is 2. The number of fused-ring (bicyclic) bond motifs is 1. The molecule has 1 N–H and O–H groups in total. The lowest BCUT2D eigenvalue weighted by atomic mass is 10.0. The summed E-state index contributed by atoms with van der Waals surface area (Å²) in [4.78, 5) is 2.46. The molecule has 1 fully saturated rings. The van der Waals surface area contributed by atoms with Crippen LogP contribution in [-0.2, 0) is 7.05 Å². The molecule has 3 heteroatoms. The molecule has 1 aliphatic rings. The van der Waals surface area contributed by atoms with Gasteiger partial charge in [-0.1, -0.05) is 18.2 Å². The van der Waals surface area contributed by atoms with Crippen LogP contribution in [0.4, 0.5) is 0 Å². The highest BCUT2D eigenvalue weighted by Gasteiger charge is 2.25. The van der Waals surface area contributed by atoms with Crippen LogP contribution in [0.3, 0.4) is 0 Å². The third-order valence-corrected chi connectivity index (χ3v) is 4.29. The maximum absolute atomic E-state index is 3.51. The van der Waals surface area contributed by atoms with Gasteiger partial charge >= 0.3 is 0 Å². The van der Waals surface area contributed by atoms with E-state index >= 15 is 0 Å². The third kappa shape index (κ3) is 1.66. The summed E-state index contributed by atoms with van der Waals surface area (Å²) in [6, 6.07) is 9.21. The SMILES string of the molecule is Cc1c(C2CNCCN2C)c2ccccc2n1C. The zero-order valence-corrected chi connectivity index (χ0v) is 11.4. The molecule has 2 aromatic rings. The van der Waals surface area contributed by atoms with Crippen molar-refractivity contribution in [2.24, 2.45) is 7.05 Å². The van der Waals surface area contributed by atoms with Crippen LogP contribution >= 0.6 is 0 Å². The number of benzene rings is 1. The van der Waals surface area contributed by atoms with Gasteiger partial charge < -0.3 is 9.88 Å². The van der Waals surface area contributed by atoms with E-state index in [1.807, 2.05) is 0 Å². The summed E-state index contributed by atoms with van der Waals surface area (Å²) in [5, 5.41) is 4.91. The van der Waals surface area contributed by atoms with Gasteiger partial charge in [0.25, 0.3) is 0 Å². The second kappa shape index (κ2) is 4.41. The third-order valence-electron chi connectivity index (χ3n) is 4.29. The Morgan fingerprint density at radius 3 is 2.78 bits per heavy atom. The Kier molecular flexibility index (Phi) is 2.88. The first-order valence-electron chi connectivity index (χ1n) is 6.65. The lowest BCUT2D eigenvalue weighted by molar-refractivity contribution is 0.202. The second-order valence-electron chi connectivity index (χ2n) is 5.28. The summed E-state index contributed by atoms with van der Waals surface area (Å²) in [5.41, 5.74) is 4.21. The number of piperazine rings is 1. The molecule has 96 valence electrons. The molecule has 18 heavy (non-hydrogen) atoms. The average Bonchev–Trinajstić information content (AvgIpc) is 2.64. The van der Waals surface area contributed by atoms with E-state index in [2.05, 4.69) is 60.1 Å². The van der Waals surface area contributed by atoms with Crippen LogP contribution in [0, 0.1) is 6.92 Å². The van der Waals surface area contributed by atoms with Crippen LogP contribution in [0.15, 0.2) is 24.3 Å². The van der Waals surface area contributed by atoms with Gasteiger partial charge in [-0.15, -0.1) is 0 Å². The Balaban J connectivity index is 2.18. The van der Waals surface area contributed by atoms with Crippen molar-refractivity contribution in [3.8, 4) is 0 Å². The summed E-state index contributed by atoms with van der Waals surface area (Å²) in [6.07, 6.45) is 0. The van der Waals surface area contributed by atoms with E-state index < -0.39 is 0 Å². The standard InChI is InChI=1S/C15H21N3/c1-11-15(14-10-16-8-9-17(14)2)12-6-4-5-7-13(12)18(11)3/h4-7,14,16H,8-10H2,1-3H3. The van der Waals surface area contributed by atoms with Gasteiger partial charge in [0.1, 0.15) is 0 Å². The highest BCUT2D eigenvalue weighted by molar-refractivity contribution is 5.86. The van der Waals surface area contributed by atoms with Gasteiger partial charge in [-0.3, -0.25) is 4.90 Å². The summed E-state index contributed by atoms with van der Waals surface area (Å²) >= 11 is 0. The van der Waals surface area contributed by atoms with E-state index in [4.69, 9.17) is 0 Å². The smallest absolute Gasteiger partial charge is 0.0494 e. The average molecular weight is 243 g/mol. The van der Waals surface area contributed by atoms with Crippen molar-refractivity contribution in [1.29, 1.82) is 0 Å². The first-order valence-corrected chi connectivity index (χ1v) is 6.65. The number of nitrogens with one attached hydrogen (secondary N) is 1. The molecule has 0 bridgehead atoms. The fraction of sp³-hybridized carbons (Fsp3) is 0.467.